The molecule has 0 bridgehead atoms. The Morgan fingerprint density at radius 2 is 2.14 bits per heavy atom. The minimum atomic E-state index is -0.718. The first-order valence-corrected chi connectivity index (χ1v) is 9.09. The van der Waals surface area contributed by atoms with Crippen molar-refractivity contribution in [1.29, 1.82) is 5.26 Å². The summed E-state index contributed by atoms with van der Waals surface area (Å²) in [5, 5.41) is 11.9. The molecule has 150 valence electrons. The molecule has 28 heavy (non-hydrogen) atoms. The number of benzene rings is 1. The third-order valence-electron chi connectivity index (χ3n) is 3.78. The smallest absolute Gasteiger partial charge is 0.408 e. The summed E-state index contributed by atoms with van der Waals surface area (Å²) in [7, 11) is 0. The molecule has 1 aromatic carbocycles. The van der Waals surface area contributed by atoms with Crippen molar-refractivity contribution in [2.75, 3.05) is 0 Å². The molecule has 0 saturated carbocycles. The average molecular weight is 409 g/mol. The van der Waals surface area contributed by atoms with Crippen molar-refractivity contribution in [2.45, 2.75) is 51.9 Å². The third kappa shape index (κ3) is 5.64. The Morgan fingerprint density at radius 3 is 2.68 bits per heavy atom. The van der Waals surface area contributed by atoms with Gasteiger partial charge in [0.25, 0.3) is 0 Å². The van der Waals surface area contributed by atoms with E-state index in [1.165, 1.54) is 18.6 Å². The predicted octanol–water partition coefficient (Wildman–Crippen LogP) is 5.37. The van der Waals surface area contributed by atoms with E-state index in [0.717, 1.165) is 6.07 Å². The maximum atomic E-state index is 13.7. The summed E-state index contributed by atoms with van der Waals surface area (Å²) in [6, 6.07) is 5.30. The van der Waals surface area contributed by atoms with E-state index < -0.39 is 29.7 Å². The molecule has 0 aliphatic carbocycles. The minimum Gasteiger partial charge on any atom is -0.482 e. The lowest BCUT2D eigenvalue weighted by Gasteiger charge is -2.29. The highest BCUT2D eigenvalue weighted by Crippen LogP contribution is 2.32. The highest BCUT2D eigenvalue weighted by Gasteiger charge is 2.29. The SMILES string of the molecule is CCC(NC(=O)OC(C)(C)C)C(Oc1cc(Cl)c(F)cc1C#N)c1ccoc1. The van der Waals surface area contributed by atoms with E-state index in [1.54, 1.807) is 26.8 Å². The number of ether oxygens (including phenoxy) is 2. The van der Waals surface area contributed by atoms with Crippen molar-refractivity contribution in [3.05, 3.63) is 52.7 Å². The molecule has 0 radical (unpaired) electrons. The van der Waals surface area contributed by atoms with Crippen LogP contribution in [0.1, 0.15) is 51.3 Å². The van der Waals surface area contributed by atoms with Crippen LogP contribution < -0.4 is 10.1 Å². The van der Waals surface area contributed by atoms with Crippen molar-refractivity contribution in [1.82, 2.24) is 5.32 Å². The zero-order valence-corrected chi connectivity index (χ0v) is 16.8. The van der Waals surface area contributed by atoms with Crippen molar-refractivity contribution in [2.24, 2.45) is 0 Å². The van der Waals surface area contributed by atoms with E-state index >= 15 is 0 Å². The molecule has 6 nitrogen and oxygen atoms in total. The Labute approximate surface area is 168 Å². The zero-order chi connectivity index (χ0) is 20.9. The van der Waals surface area contributed by atoms with Crippen LogP contribution >= 0.6 is 11.6 Å². The first kappa shape index (κ1) is 21.6. The number of furan rings is 1. The molecule has 2 atom stereocenters. The fraction of sp³-hybridized carbons (Fsp3) is 0.400. The second-order valence-electron chi connectivity index (χ2n) is 7.13. The van der Waals surface area contributed by atoms with Crippen LogP contribution in [0.4, 0.5) is 9.18 Å². The zero-order valence-electron chi connectivity index (χ0n) is 16.1. The topological polar surface area (TPSA) is 84.5 Å². The van der Waals surface area contributed by atoms with Crippen molar-refractivity contribution >= 4 is 17.7 Å². The van der Waals surface area contributed by atoms with Gasteiger partial charge in [-0.25, -0.2) is 9.18 Å². The lowest BCUT2D eigenvalue weighted by atomic mass is 10.0. The second kappa shape index (κ2) is 8.98. The van der Waals surface area contributed by atoms with Crippen LogP contribution in [0.2, 0.25) is 5.02 Å². The van der Waals surface area contributed by atoms with Gasteiger partial charge in [-0.15, -0.1) is 0 Å². The van der Waals surface area contributed by atoms with E-state index in [0.29, 0.717) is 12.0 Å². The molecule has 1 aromatic heterocycles. The molecule has 8 heteroatoms. The molecule has 0 saturated heterocycles. The van der Waals surface area contributed by atoms with Crippen LogP contribution in [0.5, 0.6) is 5.75 Å². The summed E-state index contributed by atoms with van der Waals surface area (Å²) in [5.74, 6) is -0.617. The Hall–Kier alpha value is -2.72. The van der Waals surface area contributed by atoms with Crippen molar-refractivity contribution in [3.63, 3.8) is 0 Å². The predicted molar refractivity (Wildman–Crippen MR) is 102 cm³/mol. The van der Waals surface area contributed by atoms with Gasteiger partial charge in [0.1, 0.15) is 29.3 Å². The van der Waals surface area contributed by atoms with E-state index in [4.69, 9.17) is 25.5 Å². The van der Waals surface area contributed by atoms with Gasteiger partial charge >= 0.3 is 6.09 Å². The fourth-order valence-corrected chi connectivity index (χ4v) is 2.67. The molecule has 2 aromatic rings. The highest BCUT2D eigenvalue weighted by atomic mass is 35.5. The van der Waals surface area contributed by atoms with Crippen molar-refractivity contribution in [3.8, 4) is 11.8 Å². The molecular weight excluding hydrogens is 387 g/mol. The van der Waals surface area contributed by atoms with Crippen LogP contribution in [0.25, 0.3) is 0 Å². The Kier molecular flexibility index (Phi) is 6.92. The highest BCUT2D eigenvalue weighted by molar-refractivity contribution is 6.30. The Balaban J connectivity index is 2.34. The number of halogens is 2. The number of hydrogen-bond acceptors (Lipinski definition) is 5. The minimum absolute atomic E-state index is 0.0116. The standard InChI is InChI=1S/C20H22ClFN2O4/c1-5-16(24-19(25)28-20(2,3)4)18(12-6-7-26-11-12)27-17-9-14(21)15(22)8-13(17)10-23/h6-9,11,16,18H,5H2,1-4H3,(H,24,25). The van der Waals surface area contributed by atoms with E-state index in [-0.39, 0.29) is 16.3 Å². The summed E-state index contributed by atoms with van der Waals surface area (Å²) >= 11 is 5.85. The van der Waals surface area contributed by atoms with Gasteiger partial charge in [-0.3, -0.25) is 0 Å². The summed E-state index contributed by atoms with van der Waals surface area (Å²) in [5.41, 5.74) is -0.0397. The number of amides is 1. The van der Waals surface area contributed by atoms with Gasteiger partial charge in [-0.1, -0.05) is 18.5 Å². The van der Waals surface area contributed by atoms with Gasteiger partial charge < -0.3 is 19.2 Å². The number of alkyl carbamates (subject to hydrolysis) is 1. The maximum Gasteiger partial charge on any atom is 0.408 e. The first-order chi connectivity index (χ1) is 13.1. The molecule has 0 spiro atoms. The molecule has 0 fully saturated rings. The third-order valence-corrected chi connectivity index (χ3v) is 4.07. The Morgan fingerprint density at radius 1 is 1.43 bits per heavy atom. The molecule has 1 heterocycles. The van der Waals surface area contributed by atoms with Crippen LogP contribution in [0.3, 0.4) is 0 Å². The normalized spacial score (nSPS) is 13.3. The average Bonchev–Trinajstić information content (AvgIpc) is 3.13. The number of carbonyl (C=O) groups is 1. The van der Waals surface area contributed by atoms with Gasteiger partial charge in [-0.2, -0.15) is 5.26 Å². The van der Waals surface area contributed by atoms with E-state index in [2.05, 4.69) is 5.32 Å². The molecule has 2 unspecified atom stereocenters. The number of carbonyl (C=O) groups excluding carboxylic acids is 1. The van der Waals surface area contributed by atoms with Gasteiger partial charge in [-0.05, 0) is 39.3 Å². The molecule has 0 aliphatic heterocycles. The summed E-state index contributed by atoms with van der Waals surface area (Å²) in [6.07, 6.45) is 2.11. The lowest BCUT2D eigenvalue weighted by Crippen LogP contribution is -2.43. The van der Waals surface area contributed by atoms with Gasteiger partial charge in [0.05, 0.1) is 29.2 Å². The Bertz CT molecular complexity index is 856. The summed E-state index contributed by atoms with van der Waals surface area (Å²) < 4.78 is 30.1. The van der Waals surface area contributed by atoms with Gasteiger partial charge in [0.15, 0.2) is 0 Å². The van der Waals surface area contributed by atoms with Crippen molar-refractivity contribution < 1.29 is 23.1 Å². The van der Waals surface area contributed by atoms with Gasteiger partial charge in [0, 0.05) is 11.6 Å². The number of nitrogens with one attached hydrogen (secondary N) is 1. The molecular formula is C20H22ClFN2O4. The summed E-state index contributed by atoms with van der Waals surface area (Å²) in [4.78, 5) is 12.2. The first-order valence-electron chi connectivity index (χ1n) is 8.72. The van der Waals surface area contributed by atoms with Crippen LogP contribution in [-0.2, 0) is 4.74 Å². The number of hydrogen-bond donors (Lipinski definition) is 1. The fourth-order valence-electron chi connectivity index (χ4n) is 2.52. The van der Waals surface area contributed by atoms with Gasteiger partial charge in [0.2, 0.25) is 0 Å². The summed E-state index contributed by atoms with van der Waals surface area (Å²) in [6.45, 7) is 7.15. The lowest BCUT2D eigenvalue weighted by molar-refractivity contribution is 0.0439. The number of rotatable bonds is 6. The van der Waals surface area contributed by atoms with Crippen LogP contribution in [0.15, 0.2) is 35.1 Å². The quantitative estimate of drug-likeness (QED) is 0.694. The monoisotopic (exact) mass is 408 g/mol. The molecule has 0 aliphatic rings. The molecule has 1 N–H and O–H groups in total. The second-order valence-corrected chi connectivity index (χ2v) is 7.54. The number of nitrogens with zero attached hydrogens (tertiary/aromatic N) is 1. The van der Waals surface area contributed by atoms with Crippen LogP contribution in [0, 0.1) is 17.1 Å². The largest absolute Gasteiger partial charge is 0.482 e. The van der Waals surface area contributed by atoms with E-state index in [9.17, 15) is 14.4 Å². The van der Waals surface area contributed by atoms with Crippen LogP contribution in [-0.4, -0.2) is 17.7 Å². The number of nitriles is 1. The van der Waals surface area contributed by atoms with E-state index in [1.807, 2.05) is 13.0 Å². The molecule has 2 rings (SSSR count). The maximum absolute atomic E-state index is 13.7. The molecule has 1 amide bonds.